The zero-order valence-corrected chi connectivity index (χ0v) is 18.7. The van der Waals surface area contributed by atoms with Crippen LogP contribution in [0, 0.1) is 23.7 Å². The average molecular weight is 420 g/mol. The van der Waals surface area contributed by atoms with Crippen LogP contribution >= 0.6 is 0 Å². The quantitative estimate of drug-likeness (QED) is 0.678. The molecular weight excluding hydrogens is 390 g/mol. The predicted molar refractivity (Wildman–Crippen MR) is 120 cm³/mol. The Labute approximate surface area is 183 Å². The van der Waals surface area contributed by atoms with Crippen molar-refractivity contribution >= 4 is 6.03 Å². The second-order valence-electron chi connectivity index (χ2n) is 8.60. The van der Waals surface area contributed by atoms with Gasteiger partial charge in [-0.3, -0.25) is 0 Å². The van der Waals surface area contributed by atoms with Gasteiger partial charge in [0.05, 0.1) is 24.3 Å². The summed E-state index contributed by atoms with van der Waals surface area (Å²) < 4.78 is 11.8. The summed E-state index contributed by atoms with van der Waals surface area (Å²) in [5.41, 5.74) is 3.75. The van der Waals surface area contributed by atoms with Crippen LogP contribution in [0.25, 0.3) is 0 Å². The third kappa shape index (κ3) is 5.18. The van der Waals surface area contributed by atoms with Gasteiger partial charge in [-0.05, 0) is 37.1 Å². The second-order valence-corrected chi connectivity index (χ2v) is 8.60. The Kier molecular flexibility index (Phi) is 6.55. The highest BCUT2D eigenvalue weighted by atomic mass is 16.5. The largest absolute Gasteiger partial charge is 0.490 e. The molecule has 2 aromatic rings. The summed E-state index contributed by atoms with van der Waals surface area (Å²) >= 11 is 0. The summed E-state index contributed by atoms with van der Waals surface area (Å²) in [4.78, 5) is 12.3. The van der Waals surface area contributed by atoms with E-state index in [1.807, 2.05) is 71.0 Å². The van der Waals surface area contributed by atoms with Gasteiger partial charge in [0.25, 0.3) is 0 Å². The van der Waals surface area contributed by atoms with E-state index in [0.29, 0.717) is 36.0 Å². The standard InChI is InChI=1S/C25H29N3O3/c1-6-30-21-13-18(10-11-20(21)31-15-17-9-7-8-16(2)12-17)22-19(14-26)23(25(3,4)5)28-24(29)27-22/h7-13,22H,6,15H2,1-5H3,(H2,27,28,29)/t22-/m0/s1. The highest BCUT2D eigenvalue weighted by Gasteiger charge is 2.34. The van der Waals surface area contributed by atoms with Crippen LogP contribution in [-0.2, 0) is 6.61 Å². The monoisotopic (exact) mass is 419 g/mol. The first-order valence-electron chi connectivity index (χ1n) is 10.4. The number of nitriles is 1. The van der Waals surface area contributed by atoms with Crippen LogP contribution in [0.1, 0.15) is 50.4 Å². The Hall–Kier alpha value is -3.46. The zero-order valence-electron chi connectivity index (χ0n) is 18.7. The van der Waals surface area contributed by atoms with E-state index in [1.54, 1.807) is 0 Å². The number of nitrogens with one attached hydrogen (secondary N) is 2. The molecule has 0 unspecified atom stereocenters. The maximum absolute atomic E-state index is 12.3. The Bertz CT molecular complexity index is 1040. The van der Waals surface area contributed by atoms with Crippen LogP contribution in [0.3, 0.4) is 0 Å². The van der Waals surface area contributed by atoms with Crippen LogP contribution in [0.4, 0.5) is 4.79 Å². The molecule has 2 N–H and O–H groups in total. The predicted octanol–water partition coefficient (Wildman–Crippen LogP) is 5.15. The molecule has 1 aliphatic rings. The fourth-order valence-electron chi connectivity index (χ4n) is 3.58. The molecule has 0 spiro atoms. The van der Waals surface area contributed by atoms with Gasteiger partial charge in [-0.25, -0.2) is 4.79 Å². The first kappa shape index (κ1) is 22.2. The molecule has 0 aromatic heterocycles. The number of benzene rings is 2. The van der Waals surface area contributed by atoms with Gasteiger partial charge in [0.1, 0.15) is 6.61 Å². The Morgan fingerprint density at radius 2 is 1.87 bits per heavy atom. The Balaban J connectivity index is 1.94. The van der Waals surface area contributed by atoms with E-state index in [9.17, 15) is 10.1 Å². The number of allylic oxidation sites excluding steroid dienone is 1. The van der Waals surface area contributed by atoms with Crippen molar-refractivity contribution in [3.05, 3.63) is 70.4 Å². The van der Waals surface area contributed by atoms with Crippen molar-refractivity contribution in [3.8, 4) is 17.6 Å². The summed E-state index contributed by atoms with van der Waals surface area (Å²) in [5.74, 6) is 1.20. The number of carbonyl (C=O) groups is 1. The van der Waals surface area contributed by atoms with Crippen LogP contribution in [0.15, 0.2) is 53.7 Å². The van der Waals surface area contributed by atoms with Crippen molar-refractivity contribution in [3.63, 3.8) is 0 Å². The minimum absolute atomic E-state index is 0.327. The van der Waals surface area contributed by atoms with E-state index >= 15 is 0 Å². The SMILES string of the molecule is CCOc1cc([C@@H]2NC(=O)NC(C(C)(C)C)=C2C#N)ccc1OCc1cccc(C)c1. The number of ether oxygens (including phenoxy) is 2. The summed E-state index contributed by atoms with van der Waals surface area (Å²) in [6.07, 6.45) is 0. The first-order chi connectivity index (χ1) is 14.7. The third-order valence-electron chi connectivity index (χ3n) is 5.02. The molecule has 6 heteroatoms. The molecule has 0 fully saturated rings. The summed E-state index contributed by atoms with van der Waals surface area (Å²) in [6.45, 7) is 10.7. The van der Waals surface area contributed by atoms with Gasteiger partial charge in [-0.1, -0.05) is 56.7 Å². The van der Waals surface area contributed by atoms with Crippen LogP contribution < -0.4 is 20.1 Å². The minimum Gasteiger partial charge on any atom is -0.490 e. The lowest BCUT2D eigenvalue weighted by Gasteiger charge is -2.33. The highest BCUT2D eigenvalue weighted by Crippen LogP contribution is 2.37. The van der Waals surface area contributed by atoms with Gasteiger partial charge in [-0.2, -0.15) is 5.26 Å². The average Bonchev–Trinajstić information content (AvgIpc) is 2.72. The molecule has 0 saturated carbocycles. The van der Waals surface area contributed by atoms with Crippen molar-refractivity contribution in [1.82, 2.24) is 10.6 Å². The molecule has 31 heavy (non-hydrogen) atoms. The molecule has 0 bridgehead atoms. The number of hydrogen-bond donors (Lipinski definition) is 2. The zero-order chi connectivity index (χ0) is 22.6. The van der Waals surface area contributed by atoms with Gasteiger partial charge in [0.2, 0.25) is 0 Å². The van der Waals surface area contributed by atoms with Crippen LogP contribution in [0.5, 0.6) is 11.5 Å². The molecule has 1 atom stereocenters. The Morgan fingerprint density at radius 3 is 2.52 bits per heavy atom. The molecule has 3 rings (SSSR count). The molecule has 2 aromatic carbocycles. The molecule has 1 heterocycles. The lowest BCUT2D eigenvalue weighted by atomic mass is 9.84. The van der Waals surface area contributed by atoms with Crippen molar-refractivity contribution in [2.45, 2.75) is 47.3 Å². The third-order valence-corrected chi connectivity index (χ3v) is 5.02. The van der Waals surface area contributed by atoms with E-state index in [2.05, 4.69) is 22.8 Å². The number of urea groups is 1. The van der Waals surface area contributed by atoms with E-state index in [1.165, 1.54) is 5.56 Å². The fraction of sp³-hybridized carbons (Fsp3) is 0.360. The highest BCUT2D eigenvalue weighted by molar-refractivity contribution is 5.80. The molecule has 0 aliphatic carbocycles. The lowest BCUT2D eigenvalue weighted by molar-refractivity contribution is 0.235. The smallest absolute Gasteiger partial charge is 0.319 e. The van der Waals surface area contributed by atoms with E-state index in [-0.39, 0.29) is 11.4 Å². The van der Waals surface area contributed by atoms with Crippen molar-refractivity contribution < 1.29 is 14.3 Å². The maximum atomic E-state index is 12.3. The van der Waals surface area contributed by atoms with Gasteiger partial charge in [0.15, 0.2) is 11.5 Å². The number of amides is 2. The molecule has 6 nitrogen and oxygen atoms in total. The second kappa shape index (κ2) is 9.13. The van der Waals surface area contributed by atoms with Gasteiger partial charge in [-0.15, -0.1) is 0 Å². The van der Waals surface area contributed by atoms with Crippen LogP contribution in [-0.4, -0.2) is 12.6 Å². The van der Waals surface area contributed by atoms with Gasteiger partial charge >= 0.3 is 6.03 Å². The van der Waals surface area contributed by atoms with E-state index in [4.69, 9.17) is 9.47 Å². The molecule has 0 saturated heterocycles. The number of carbonyl (C=O) groups excluding carboxylic acids is 1. The topological polar surface area (TPSA) is 83.4 Å². The molecule has 1 aliphatic heterocycles. The normalized spacial score (nSPS) is 16.3. The van der Waals surface area contributed by atoms with Crippen LogP contribution in [0.2, 0.25) is 0 Å². The van der Waals surface area contributed by atoms with E-state index in [0.717, 1.165) is 11.1 Å². The van der Waals surface area contributed by atoms with E-state index < -0.39 is 6.04 Å². The molecule has 0 radical (unpaired) electrons. The number of rotatable bonds is 6. The maximum Gasteiger partial charge on any atom is 0.319 e. The lowest BCUT2D eigenvalue weighted by Crippen LogP contribution is -2.46. The minimum atomic E-state index is -0.557. The van der Waals surface area contributed by atoms with Crippen molar-refractivity contribution in [2.24, 2.45) is 5.41 Å². The first-order valence-corrected chi connectivity index (χ1v) is 10.4. The summed E-state index contributed by atoms with van der Waals surface area (Å²) in [5, 5.41) is 15.5. The summed E-state index contributed by atoms with van der Waals surface area (Å²) in [6, 6.07) is 15.1. The van der Waals surface area contributed by atoms with Crippen molar-refractivity contribution in [1.29, 1.82) is 5.26 Å². The number of hydrogen-bond acceptors (Lipinski definition) is 4. The molecule has 2 amide bonds. The summed E-state index contributed by atoms with van der Waals surface area (Å²) in [7, 11) is 0. The number of nitrogens with zero attached hydrogens (tertiary/aromatic N) is 1. The van der Waals surface area contributed by atoms with Crippen molar-refractivity contribution in [2.75, 3.05) is 6.61 Å². The van der Waals surface area contributed by atoms with Gasteiger partial charge in [0, 0.05) is 11.1 Å². The molecular formula is C25H29N3O3. The molecule has 162 valence electrons. The number of aryl methyl sites for hydroxylation is 1. The fourth-order valence-corrected chi connectivity index (χ4v) is 3.58. The Morgan fingerprint density at radius 1 is 1.10 bits per heavy atom. The van der Waals surface area contributed by atoms with Gasteiger partial charge < -0.3 is 20.1 Å².